The molecule has 0 saturated heterocycles. The predicted octanol–water partition coefficient (Wildman–Crippen LogP) is 3.39. The van der Waals surface area contributed by atoms with Gasteiger partial charge in [0.25, 0.3) is 0 Å². The standard InChI is InChI=1S/C17H28O4/c1-13(17(18)19-2)16(21-15-9-5-6-10-15)11-12-20-14-7-3-4-8-14/h14-16H,1,3-12H2,2H3. The summed E-state index contributed by atoms with van der Waals surface area (Å²) in [7, 11) is 1.38. The van der Waals surface area contributed by atoms with Crippen LogP contribution in [0.25, 0.3) is 0 Å². The third-order valence-electron chi connectivity index (χ3n) is 4.53. The van der Waals surface area contributed by atoms with Gasteiger partial charge in [-0.3, -0.25) is 0 Å². The molecule has 1 atom stereocenters. The molecule has 2 aliphatic carbocycles. The van der Waals surface area contributed by atoms with Crippen LogP contribution in [-0.2, 0) is 19.0 Å². The summed E-state index contributed by atoms with van der Waals surface area (Å²) in [4.78, 5) is 11.7. The average Bonchev–Trinajstić information content (AvgIpc) is 3.18. The number of rotatable bonds is 8. The summed E-state index contributed by atoms with van der Waals surface area (Å²) in [6.45, 7) is 4.49. The van der Waals surface area contributed by atoms with Crippen molar-refractivity contribution in [2.75, 3.05) is 13.7 Å². The minimum Gasteiger partial charge on any atom is -0.466 e. The molecule has 0 aromatic carbocycles. The van der Waals surface area contributed by atoms with Crippen molar-refractivity contribution in [3.05, 3.63) is 12.2 Å². The first-order valence-electron chi connectivity index (χ1n) is 8.25. The van der Waals surface area contributed by atoms with Crippen LogP contribution >= 0.6 is 0 Å². The molecule has 2 fully saturated rings. The normalized spacial score (nSPS) is 21.6. The number of carbonyl (C=O) groups is 1. The molecule has 0 amide bonds. The summed E-state index contributed by atoms with van der Waals surface area (Å²) < 4.78 is 16.7. The van der Waals surface area contributed by atoms with E-state index in [-0.39, 0.29) is 18.2 Å². The molecule has 2 rings (SSSR count). The van der Waals surface area contributed by atoms with Crippen LogP contribution in [0.2, 0.25) is 0 Å². The Bertz CT molecular complexity index is 341. The predicted molar refractivity (Wildman–Crippen MR) is 81.1 cm³/mol. The van der Waals surface area contributed by atoms with Crippen molar-refractivity contribution in [1.29, 1.82) is 0 Å². The first kappa shape index (κ1) is 16.5. The molecule has 0 spiro atoms. The van der Waals surface area contributed by atoms with Gasteiger partial charge in [0.1, 0.15) is 0 Å². The largest absolute Gasteiger partial charge is 0.466 e. The fourth-order valence-corrected chi connectivity index (χ4v) is 3.24. The Morgan fingerprint density at radius 2 is 1.67 bits per heavy atom. The summed E-state index contributed by atoms with van der Waals surface area (Å²) in [6.07, 6.45) is 10.5. The molecule has 0 aliphatic heterocycles. The quantitative estimate of drug-likeness (QED) is 0.509. The number of hydrogen-bond donors (Lipinski definition) is 0. The van der Waals surface area contributed by atoms with Gasteiger partial charge >= 0.3 is 5.97 Å². The number of carbonyl (C=O) groups excluding carboxylic acids is 1. The monoisotopic (exact) mass is 296 g/mol. The van der Waals surface area contributed by atoms with Crippen molar-refractivity contribution < 1.29 is 19.0 Å². The molecule has 4 nitrogen and oxygen atoms in total. The highest BCUT2D eigenvalue weighted by Crippen LogP contribution is 2.26. The molecule has 1 unspecified atom stereocenters. The lowest BCUT2D eigenvalue weighted by molar-refractivity contribution is -0.138. The Balaban J connectivity index is 1.81. The lowest BCUT2D eigenvalue weighted by Gasteiger charge is -2.23. The van der Waals surface area contributed by atoms with Crippen LogP contribution in [0.3, 0.4) is 0 Å². The summed E-state index contributed by atoms with van der Waals surface area (Å²) in [6, 6.07) is 0. The lowest BCUT2D eigenvalue weighted by Crippen LogP contribution is -2.28. The van der Waals surface area contributed by atoms with Crippen molar-refractivity contribution in [3.8, 4) is 0 Å². The SMILES string of the molecule is C=C(C(=O)OC)C(CCOC1CCCC1)OC1CCCC1. The highest BCUT2D eigenvalue weighted by molar-refractivity contribution is 5.88. The molecule has 2 aliphatic rings. The Hall–Kier alpha value is -0.870. The average molecular weight is 296 g/mol. The second kappa shape index (κ2) is 8.54. The highest BCUT2D eigenvalue weighted by Gasteiger charge is 2.26. The summed E-state index contributed by atoms with van der Waals surface area (Å²) in [5.74, 6) is -0.376. The van der Waals surface area contributed by atoms with Crippen LogP contribution in [0.5, 0.6) is 0 Å². The second-order valence-electron chi connectivity index (χ2n) is 6.11. The van der Waals surface area contributed by atoms with Crippen molar-refractivity contribution in [1.82, 2.24) is 0 Å². The van der Waals surface area contributed by atoms with Gasteiger partial charge in [0.05, 0.1) is 31.0 Å². The Morgan fingerprint density at radius 1 is 1.10 bits per heavy atom. The molecule has 0 bridgehead atoms. The van der Waals surface area contributed by atoms with Crippen LogP contribution < -0.4 is 0 Å². The zero-order chi connectivity index (χ0) is 15.1. The minimum atomic E-state index is -0.376. The second-order valence-corrected chi connectivity index (χ2v) is 6.11. The van der Waals surface area contributed by atoms with E-state index in [9.17, 15) is 4.79 Å². The third kappa shape index (κ3) is 5.11. The smallest absolute Gasteiger partial charge is 0.335 e. The fraction of sp³-hybridized carbons (Fsp3) is 0.824. The highest BCUT2D eigenvalue weighted by atomic mass is 16.5. The van der Waals surface area contributed by atoms with E-state index < -0.39 is 0 Å². The van der Waals surface area contributed by atoms with Gasteiger partial charge in [-0.15, -0.1) is 0 Å². The Morgan fingerprint density at radius 3 is 2.24 bits per heavy atom. The Labute approximate surface area is 127 Å². The zero-order valence-electron chi connectivity index (χ0n) is 13.1. The van der Waals surface area contributed by atoms with E-state index in [1.165, 1.54) is 32.8 Å². The van der Waals surface area contributed by atoms with Crippen LogP contribution in [-0.4, -0.2) is 38.0 Å². The van der Waals surface area contributed by atoms with Gasteiger partial charge in [-0.25, -0.2) is 4.79 Å². The third-order valence-corrected chi connectivity index (χ3v) is 4.53. The first-order chi connectivity index (χ1) is 10.2. The summed E-state index contributed by atoms with van der Waals surface area (Å²) in [5, 5.41) is 0. The van der Waals surface area contributed by atoms with Crippen LogP contribution in [0.1, 0.15) is 57.8 Å². The summed E-state index contributed by atoms with van der Waals surface area (Å²) >= 11 is 0. The van der Waals surface area contributed by atoms with Gasteiger partial charge in [-0.1, -0.05) is 32.3 Å². The van der Waals surface area contributed by atoms with Crippen molar-refractivity contribution in [2.45, 2.75) is 76.1 Å². The van der Waals surface area contributed by atoms with Gasteiger partial charge in [-0.05, 0) is 25.7 Å². The molecule has 2 saturated carbocycles. The first-order valence-corrected chi connectivity index (χ1v) is 8.25. The molecular weight excluding hydrogens is 268 g/mol. The molecule has 0 aromatic heterocycles. The number of ether oxygens (including phenoxy) is 3. The van der Waals surface area contributed by atoms with E-state index in [1.54, 1.807) is 0 Å². The summed E-state index contributed by atoms with van der Waals surface area (Å²) in [5.41, 5.74) is 0.416. The topological polar surface area (TPSA) is 44.8 Å². The van der Waals surface area contributed by atoms with E-state index in [1.807, 2.05) is 0 Å². The molecule has 21 heavy (non-hydrogen) atoms. The minimum absolute atomic E-state index is 0.253. The van der Waals surface area contributed by atoms with Crippen molar-refractivity contribution in [2.24, 2.45) is 0 Å². The molecule has 0 radical (unpaired) electrons. The molecule has 120 valence electrons. The number of esters is 1. The van der Waals surface area contributed by atoms with Crippen LogP contribution in [0, 0.1) is 0 Å². The molecule has 4 heteroatoms. The maximum Gasteiger partial charge on any atom is 0.335 e. The maximum absolute atomic E-state index is 11.7. The van der Waals surface area contributed by atoms with Gasteiger partial charge in [0, 0.05) is 13.0 Å². The van der Waals surface area contributed by atoms with Gasteiger partial charge in [-0.2, -0.15) is 0 Å². The van der Waals surface area contributed by atoms with E-state index in [4.69, 9.17) is 14.2 Å². The van der Waals surface area contributed by atoms with Gasteiger partial charge < -0.3 is 14.2 Å². The van der Waals surface area contributed by atoms with Gasteiger partial charge in [0.2, 0.25) is 0 Å². The van der Waals surface area contributed by atoms with Crippen LogP contribution in [0.4, 0.5) is 0 Å². The molecular formula is C17H28O4. The lowest BCUT2D eigenvalue weighted by atomic mass is 10.1. The Kier molecular flexibility index (Phi) is 6.71. The van der Waals surface area contributed by atoms with E-state index >= 15 is 0 Å². The fourth-order valence-electron chi connectivity index (χ4n) is 3.24. The van der Waals surface area contributed by atoms with Crippen LogP contribution in [0.15, 0.2) is 12.2 Å². The number of methoxy groups -OCH3 is 1. The number of hydrogen-bond acceptors (Lipinski definition) is 4. The molecule has 0 N–H and O–H groups in total. The van der Waals surface area contributed by atoms with Gasteiger partial charge in [0.15, 0.2) is 0 Å². The van der Waals surface area contributed by atoms with E-state index in [0.29, 0.717) is 24.7 Å². The zero-order valence-corrected chi connectivity index (χ0v) is 13.1. The van der Waals surface area contributed by atoms with Crippen molar-refractivity contribution >= 4 is 5.97 Å². The molecule has 0 heterocycles. The molecule has 0 aromatic rings. The van der Waals surface area contributed by atoms with E-state index in [0.717, 1.165) is 25.7 Å². The van der Waals surface area contributed by atoms with Crippen molar-refractivity contribution in [3.63, 3.8) is 0 Å². The maximum atomic E-state index is 11.7. The van der Waals surface area contributed by atoms with E-state index in [2.05, 4.69) is 6.58 Å².